The monoisotopic (exact) mass is 495 g/mol. The van der Waals surface area contributed by atoms with Crippen LogP contribution in [-0.2, 0) is 17.9 Å². The number of carbonyl (C=O) groups is 1. The van der Waals surface area contributed by atoms with E-state index in [1.54, 1.807) is 0 Å². The van der Waals surface area contributed by atoms with Crippen molar-refractivity contribution in [3.8, 4) is 11.3 Å². The van der Waals surface area contributed by atoms with Gasteiger partial charge in [-0.2, -0.15) is 0 Å². The Hall–Kier alpha value is -2.51. The molecule has 2 heterocycles. The minimum atomic E-state index is -1.14. The SMILES string of the molecule is C[C@H](CC1CCCCC1)C(=O)N1CCC(O)(Cn2cnc(-c3cccc(CO)c3)cc2=O)C(C)(C)C1. The van der Waals surface area contributed by atoms with E-state index in [-0.39, 0.29) is 30.5 Å². The van der Waals surface area contributed by atoms with Gasteiger partial charge in [0.15, 0.2) is 0 Å². The van der Waals surface area contributed by atoms with E-state index in [4.69, 9.17) is 0 Å². The number of benzene rings is 1. The molecule has 1 aromatic heterocycles. The second-order valence-electron chi connectivity index (χ2n) is 11.7. The molecule has 1 aromatic carbocycles. The molecule has 1 unspecified atom stereocenters. The van der Waals surface area contributed by atoms with E-state index < -0.39 is 11.0 Å². The van der Waals surface area contributed by atoms with Gasteiger partial charge in [-0.1, -0.05) is 71.1 Å². The highest BCUT2D eigenvalue weighted by Crippen LogP contribution is 2.40. The molecule has 2 aromatic rings. The van der Waals surface area contributed by atoms with Gasteiger partial charge in [0.1, 0.15) is 0 Å². The van der Waals surface area contributed by atoms with Crippen molar-refractivity contribution in [1.82, 2.24) is 14.5 Å². The third-order valence-corrected chi connectivity index (χ3v) is 8.50. The molecule has 36 heavy (non-hydrogen) atoms. The van der Waals surface area contributed by atoms with Crippen molar-refractivity contribution < 1.29 is 15.0 Å². The number of carbonyl (C=O) groups excluding carboxylic acids is 1. The molecule has 1 aliphatic carbocycles. The highest BCUT2D eigenvalue weighted by molar-refractivity contribution is 5.78. The Labute approximate surface area is 214 Å². The first-order valence-electron chi connectivity index (χ1n) is 13.4. The summed E-state index contributed by atoms with van der Waals surface area (Å²) in [5.74, 6) is 0.837. The van der Waals surface area contributed by atoms with Crippen LogP contribution in [-0.4, -0.2) is 49.3 Å². The maximum Gasteiger partial charge on any atom is 0.253 e. The van der Waals surface area contributed by atoms with Gasteiger partial charge in [-0.25, -0.2) is 4.98 Å². The molecule has 1 saturated heterocycles. The summed E-state index contributed by atoms with van der Waals surface area (Å²) in [6, 6.07) is 8.77. The molecule has 7 nitrogen and oxygen atoms in total. The Morgan fingerprint density at radius 3 is 2.61 bits per heavy atom. The van der Waals surface area contributed by atoms with Gasteiger partial charge in [0.25, 0.3) is 5.56 Å². The van der Waals surface area contributed by atoms with Crippen molar-refractivity contribution in [3.05, 3.63) is 52.6 Å². The molecule has 196 valence electrons. The number of aliphatic hydroxyl groups is 2. The lowest BCUT2D eigenvalue weighted by atomic mass is 9.69. The predicted octanol–water partition coefficient (Wildman–Crippen LogP) is 4.00. The molecular weight excluding hydrogens is 454 g/mol. The van der Waals surface area contributed by atoms with E-state index in [9.17, 15) is 19.8 Å². The molecule has 4 rings (SSSR count). The number of aromatic nitrogens is 2. The lowest BCUT2D eigenvalue weighted by molar-refractivity contribution is -0.157. The summed E-state index contributed by atoms with van der Waals surface area (Å²) in [4.78, 5) is 32.6. The van der Waals surface area contributed by atoms with Crippen molar-refractivity contribution in [2.75, 3.05) is 13.1 Å². The van der Waals surface area contributed by atoms with Gasteiger partial charge >= 0.3 is 0 Å². The minimum Gasteiger partial charge on any atom is -0.392 e. The first-order chi connectivity index (χ1) is 17.1. The highest BCUT2D eigenvalue weighted by Gasteiger charge is 2.49. The van der Waals surface area contributed by atoms with Crippen LogP contribution in [0.15, 0.2) is 41.5 Å². The zero-order valence-corrected chi connectivity index (χ0v) is 21.9. The Kier molecular flexibility index (Phi) is 8.00. The Balaban J connectivity index is 1.43. The molecular formula is C29H41N3O4. The van der Waals surface area contributed by atoms with Gasteiger partial charge < -0.3 is 15.1 Å². The number of aliphatic hydroxyl groups excluding tert-OH is 1. The quantitative estimate of drug-likeness (QED) is 0.605. The Morgan fingerprint density at radius 2 is 1.94 bits per heavy atom. The molecule has 2 fully saturated rings. The first kappa shape index (κ1) is 26.6. The maximum atomic E-state index is 13.3. The van der Waals surface area contributed by atoms with Crippen LogP contribution in [0.1, 0.15) is 71.3 Å². The lowest BCUT2D eigenvalue weighted by Crippen LogP contribution is -2.61. The summed E-state index contributed by atoms with van der Waals surface area (Å²) in [7, 11) is 0. The van der Waals surface area contributed by atoms with E-state index in [1.165, 1.54) is 49.1 Å². The molecule has 1 aliphatic heterocycles. The number of hydrogen-bond acceptors (Lipinski definition) is 5. The minimum absolute atomic E-state index is 0.00112. The molecule has 2 N–H and O–H groups in total. The smallest absolute Gasteiger partial charge is 0.253 e. The number of rotatable bonds is 7. The first-order valence-corrected chi connectivity index (χ1v) is 13.4. The largest absolute Gasteiger partial charge is 0.392 e. The topological polar surface area (TPSA) is 95.7 Å². The van der Waals surface area contributed by atoms with E-state index >= 15 is 0 Å². The van der Waals surface area contributed by atoms with Crippen LogP contribution < -0.4 is 5.56 Å². The second kappa shape index (κ2) is 10.9. The van der Waals surface area contributed by atoms with Crippen LogP contribution >= 0.6 is 0 Å². The molecule has 7 heteroatoms. The second-order valence-corrected chi connectivity index (χ2v) is 11.7. The van der Waals surface area contributed by atoms with E-state index in [1.807, 2.05) is 49.9 Å². The van der Waals surface area contributed by atoms with Gasteiger partial charge in [-0.05, 0) is 30.4 Å². The average molecular weight is 496 g/mol. The average Bonchev–Trinajstić information content (AvgIpc) is 2.87. The van der Waals surface area contributed by atoms with Gasteiger partial charge in [0.05, 0.1) is 30.8 Å². The summed E-state index contributed by atoms with van der Waals surface area (Å²) < 4.78 is 1.46. The van der Waals surface area contributed by atoms with Gasteiger partial charge in [0, 0.05) is 36.1 Å². The number of hydrogen-bond donors (Lipinski definition) is 2. The fraction of sp³-hybridized carbons (Fsp3) is 0.621. The number of piperidine rings is 1. The Bertz CT molecular complexity index is 1120. The summed E-state index contributed by atoms with van der Waals surface area (Å²) in [5.41, 5.74) is 0.0884. The van der Waals surface area contributed by atoms with Crippen LogP contribution in [0.4, 0.5) is 0 Å². The van der Waals surface area contributed by atoms with E-state index in [0.717, 1.165) is 17.5 Å². The fourth-order valence-electron chi connectivity index (χ4n) is 5.99. The third kappa shape index (κ3) is 5.73. The highest BCUT2D eigenvalue weighted by atomic mass is 16.3. The van der Waals surface area contributed by atoms with Crippen molar-refractivity contribution in [3.63, 3.8) is 0 Å². The normalized spacial score (nSPS) is 23.4. The fourth-order valence-corrected chi connectivity index (χ4v) is 5.99. The van der Waals surface area contributed by atoms with Crippen molar-refractivity contribution in [1.29, 1.82) is 0 Å². The standard InChI is InChI=1S/C29H41N3O4/c1-21(14-22-8-5-4-6-9-22)27(35)31-13-12-29(36,28(2,3)18-31)19-32-20-30-25(16-26(32)34)24-11-7-10-23(15-24)17-33/h7,10-11,15-16,20-22,33,36H,4-6,8-9,12-14,17-19H2,1-3H3/t21-,29?/m1/s1. The van der Waals surface area contributed by atoms with E-state index in [2.05, 4.69) is 4.98 Å². The van der Waals surface area contributed by atoms with Crippen LogP contribution in [0.25, 0.3) is 11.3 Å². The molecule has 2 aliphatic rings. The molecule has 0 radical (unpaired) electrons. The molecule has 1 saturated carbocycles. The van der Waals surface area contributed by atoms with Crippen LogP contribution in [0, 0.1) is 17.3 Å². The van der Waals surface area contributed by atoms with Crippen molar-refractivity contribution in [2.24, 2.45) is 17.3 Å². The van der Waals surface area contributed by atoms with Gasteiger partial charge in [0.2, 0.25) is 5.91 Å². The lowest BCUT2D eigenvalue weighted by Gasteiger charge is -2.50. The summed E-state index contributed by atoms with van der Waals surface area (Å²) in [6.07, 6.45) is 9.19. The number of amides is 1. The van der Waals surface area contributed by atoms with Crippen molar-refractivity contribution in [2.45, 2.75) is 84.5 Å². The van der Waals surface area contributed by atoms with Gasteiger partial charge in [-0.3, -0.25) is 14.2 Å². The zero-order chi connectivity index (χ0) is 25.9. The van der Waals surface area contributed by atoms with Crippen molar-refractivity contribution >= 4 is 5.91 Å². The summed E-state index contributed by atoms with van der Waals surface area (Å²) in [5, 5.41) is 21.1. The molecule has 2 atom stereocenters. The van der Waals surface area contributed by atoms with Crippen LogP contribution in [0.3, 0.4) is 0 Å². The molecule has 0 spiro atoms. The summed E-state index contributed by atoms with van der Waals surface area (Å²) in [6.45, 7) is 7.01. The molecule has 0 bridgehead atoms. The summed E-state index contributed by atoms with van der Waals surface area (Å²) >= 11 is 0. The predicted molar refractivity (Wildman–Crippen MR) is 140 cm³/mol. The zero-order valence-electron chi connectivity index (χ0n) is 21.9. The van der Waals surface area contributed by atoms with Crippen LogP contribution in [0.2, 0.25) is 0 Å². The number of likely N-dealkylation sites (tertiary alicyclic amines) is 1. The van der Waals surface area contributed by atoms with Gasteiger partial charge in [-0.15, -0.1) is 0 Å². The number of nitrogens with zero attached hydrogens (tertiary/aromatic N) is 3. The Morgan fingerprint density at radius 1 is 1.19 bits per heavy atom. The maximum absolute atomic E-state index is 13.3. The molecule has 1 amide bonds. The van der Waals surface area contributed by atoms with Crippen LogP contribution in [0.5, 0.6) is 0 Å². The third-order valence-electron chi connectivity index (χ3n) is 8.50. The van der Waals surface area contributed by atoms with E-state index in [0.29, 0.717) is 31.1 Å².